The zero-order valence-corrected chi connectivity index (χ0v) is 15.9. The second-order valence-corrected chi connectivity index (χ2v) is 7.33. The maximum absolute atomic E-state index is 5.50. The highest BCUT2D eigenvalue weighted by molar-refractivity contribution is 7.14. The molecule has 3 nitrogen and oxygen atoms in total. The second-order valence-electron chi connectivity index (χ2n) is 5.55. The first-order valence-electron chi connectivity index (χ1n) is 8.24. The fourth-order valence-corrected chi connectivity index (χ4v) is 4.33. The normalized spacial score (nSPS) is 13.2. The topological polar surface area (TPSA) is 26.5 Å². The minimum atomic E-state index is 0.412. The Labute approximate surface area is 150 Å². The summed E-state index contributed by atoms with van der Waals surface area (Å²) in [5.74, 6) is 0.886. The highest BCUT2D eigenvalue weighted by atomic mass is 32.1. The van der Waals surface area contributed by atoms with Crippen molar-refractivity contribution in [1.82, 2.24) is 4.57 Å². The highest BCUT2D eigenvalue weighted by Crippen LogP contribution is 2.28. The number of rotatable bonds is 6. The third-order valence-electron chi connectivity index (χ3n) is 3.92. The molecular weight excluding hydrogens is 336 g/mol. The molecule has 1 aromatic carbocycles. The Balaban J connectivity index is 2.03. The predicted octanol–water partition coefficient (Wildman–Crippen LogP) is 5.88. The van der Waals surface area contributed by atoms with Crippen molar-refractivity contribution in [2.24, 2.45) is 4.99 Å². The van der Waals surface area contributed by atoms with Crippen LogP contribution in [0.5, 0.6) is 5.75 Å². The van der Waals surface area contributed by atoms with Gasteiger partial charge >= 0.3 is 0 Å². The van der Waals surface area contributed by atoms with Gasteiger partial charge in [0.25, 0.3) is 0 Å². The first-order chi connectivity index (χ1) is 11.7. The molecule has 0 amide bonds. The van der Waals surface area contributed by atoms with Crippen LogP contribution in [-0.2, 0) is 0 Å². The van der Waals surface area contributed by atoms with Gasteiger partial charge in [-0.1, -0.05) is 13.0 Å². The fourth-order valence-electron chi connectivity index (χ4n) is 2.51. The van der Waals surface area contributed by atoms with Crippen LogP contribution in [0.15, 0.2) is 52.2 Å². The van der Waals surface area contributed by atoms with Crippen LogP contribution < -0.4 is 9.54 Å². The van der Waals surface area contributed by atoms with E-state index in [0.29, 0.717) is 12.6 Å². The molecule has 3 aromatic rings. The van der Waals surface area contributed by atoms with Gasteiger partial charge in [-0.15, -0.1) is 22.7 Å². The number of nitrogens with zero attached hydrogens (tertiary/aromatic N) is 2. The Hall–Kier alpha value is -1.85. The van der Waals surface area contributed by atoms with Crippen molar-refractivity contribution in [1.29, 1.82) is 0 Å². The van der Waals surface area contributed by atoms with Gasteiger partial charge in [-0.05, 0) is 56.0 Å². The van der Waals surface area contributed by atoms with E-state index in [1.807, 2.05) is 31.2 Å². The molecule has 0 N–H and O–H groups in total. The molecule has 126 valence electrons. The standard InChI is InChI=1S/C19H22N2OS2/c1-4-14(3)21-17(18-7-6-12-23-18)13-24-19(21)20-15-8-10-16(11-9-15)22-5-2/h6-14H,4-5H2,1-3H3. The van der Waals surface area contributed by atoms with Crippen LogP contribution in [0.25, 0.3) is 10.6 Å². The van der Waals surface area contributed by atoms with Crippen LogP contribution in [0, 0.1) is 0 Å². The summed E-state index contributed by atoms with van der Waals surface area (Å²) in [6.45, 7) is 7.14. The van der Waals surface area contributed by atoms with Crippen LogP contribution in [0.4, 0.5) is 5.69 Å². The first-order valence-corrected chi connectivity index (χ1v) is 10.00. The van der Waals surface area contributed by atoms with E-state index in [-0.39, 0.29) is 0 Å². The average molecular weight is 359 g/mol. The van der Waals surface area contributed by atoms with Crippen molar-refractivity contribution in [2.75, 3.05) is 6.61 Å². The number of thiophene rings is 1. The maximum Gasteiger partial charge on any atom is 0.190 e. The summed E-state index contributed by atoms with van der Waals surface area (Å²) in [6.07, 6.45) is 1.07. The van der Waals surface area contributed by atoms with E-state index < -0.39 is 0 Å². The van der Waals surface area contributed by atoms with E-state index >= 15 is 0 Å². The highest BCUT2D eigenvalue weighted by Gasteiger charge is 2.13. The molecule has 0 aliphatic rings. The molecule has 0 fully saturated rings. The van der Waals surface area contributed by atoms with E-state index in [9.17, 15) is 0 Å². The van der Waals surface area contributed by atoms with E-state index in [0.717, 1.165) is 22.7 Å². The van der Waals surface area contributed by atoms with Gasteiger partial charge in [-0.3, -0.25) is 0 Å². The molecule has 0 spiro atoms. The lowest BCUT2D eigenvalue weighted by Crippen LogP contribution is -2.19. The predicted molar refractivity (Wildman–Crippen MR) is 103 cm³/mol. The molecule has 0 aliphatic carbocycles. The lowest BCUT2D eigenvalue weighted by atomic mass is 10.2. The SMILES string of the molecule is CCOc1ccc(N=c2scc(-c3cccs3)n2C(C)CC)cc1. The van der Waals surface area contributed by atoms with Gasteiger partial charge in [0.15, 0.2) is 4.80 Å². The second kappa shape index (κ2) is 7.81. The lowest BCUT2D eigenvalue weighted by Gasteiger charge is -2.14. The largest absolute Gasteiger partial charge is 0.494 e. The van der Waals surface area contributed by atoms with Crippen LogP contribution in [0.2, 0.25) is 0 Å². The summed E-state index contributed by atoms with van der Waals surface area (Å²) >= 11 is 3.47. The molecule has 0 aliphatic heterocycles. The monoisotopic (exact) mass is 358 g/mol. The lowest BCUT2D eigenvalue weighted by molar-refractivity contribution is 0.340. The summed E-state index contributed by atoms with van der Waals surface area (Å²) in [7, 11) is 0. The zero-order valence-electron chi connectivity index (χ0n) is 14.2. The summed E-state index contributed by atoms with van der Waals surface area (Å²) in [5.41, 5.74) is 2.21. The van der Waals surface area contributed by atoms with Crippen molar-refractivity contribution in [2.45, 2.75) is 33.2 Å². The van der Waals surface area contributed by atoms with Crippen LogP contribution in [0.1, 0.15) is 33.2 Å². The van der Waals surface area contributed by atoms with Crippen molar-refractivity contribution in [3.8, 4) is 16.3 Å². The van der Waals surface area contributed by atoms with Crippen LogP contribution in [0.3, 0.4) is 0 Å². The van der Waals surface area contributed by atoms with Crippen molar-refractivity contribution in [3.05, 3.63) is 52.0 Å². The third kappa shape index (κ3) is 3.62. The van der Waals surface area contributed by atoms with E-state index in [4.69, 9.17) is 9.73 Å². The summed E-state index contributed by atoms with van der Waals surface area (Å²) in [4.78, 5) is 7.20. The first kappa shape index (κ1) is 17.0. The minimum absolute atomic E-state index is 0.412. The van der Waals surface area contributed by atoms with E-state index in [1.165, 1.54) is 10.6 Å². The molecule has 5 heteroatoms. The zero-order chi connectivity index (χ0) is 16.9. The average Bonchev–Trinajstić information content (AvgIpc) is 3.25. The van der Waals surface area contributed by atoms with Gasteiger partial charge in [-0.2, -0.15) is 0 Å². The molecule has 3 rings (SSSR count). The Morgan fingerprint density at radius 1 is 1.12 bits per heavy atom. The number of benzene rings is 1. The minimum Gasteiger partial charge on any atom is -0.494 e. The molecule has 0 bridgehead atoms. The number of ether oxygens (including phenoxy) is 1. The number of hydrogen-bond acceptors (Lipinski definition) is 4. The smallest absolute Gasteiger partial charge is 0.190 e. The Bertz CT molecular complexity index is 829. The van der Waals surface area contributed by atoms with Crippen molar-refractivity contribution in [3.63, 3.8) is 0 Å². The molecule has 24 heavy (non-hydrogen) atoms. The van der Waals surface area contributed by atoms with Gasteiger partial charge in [-0.25, -0.2) is 4.99 Å². The molecular formula is C19H22N2OS2. The van der Waals surface area contributed by atoms with Crippen LogP contribution >= 0.6 is 22.7 Å². The van der Waals surface area contributed by atoms with Gasteiger partial charge in [0.2, 0.25) is 0 Å². The Kier molecular flexibility index (Phi) is 5.53. The van der Waals surface area contributed by atoms with Crippen LogP contribution in [-0.4, -0.2) is 11.2 Å². The summed E-state index contributed by atoms with van der Waals surface area (Å²) < 4.78 is 7.85. The summed E-state index contributed by atoms with van der Waals surface area (Å²) in [6, 6.07) is 12.7. The van der Waals surface area contributed by atoms with Gasteiger partial charge in [0, 0.05) is 11.4 Å². The van der Waals surface area contributed by atoms with Gasteiger partial charge in [0.1, 0.15) is 5.75 Å². The molecule has 0 saturated heterocycles. The molecule has 1 unspecified atom stereocenters. The van der Waals surface area contributed by atoms with Crippen molar-refractivity contribution < 1.29 is 4.74 Å². The van der Waals surface area contributed by atoms with Crippen molar-refractivity contribution >= 4 is 28.4 Å². The molecule has 0 radical (unpaired) electrons. The molecule has 2 heterocycles. The fraction of sp³-hybridized carbons (Fsp3) is 0.316. The Morgan fingerprint density at radius 2 is 1.92 bits per heavy atom. The third-order valence-corrected chi connectivity index (χ3v) is 5.65. The molecule has 2 aromatic heterocycles. The maximum atomic E-state index is 5.50. The summed E-state index contributed by atoms with van der Waals surface area (Å²) in [5, 5.41) is 4.34. The molecule has 1 atom stereocenters. The number of thiazole rings is 1. The van der Waals surface area contributed by atoms with E-state index in [2.05, 4.69) is 41.3 Å². The Morgan fingerprint density at radius 3 is 2.54 bits per heavy atom. The van der Waals surface area contributed by atoms with Gasteiger partial charge in [0.05, 0.1) is 22.9 Å². The van der Waals surface area contributed by atoms with E-state index in [1.54, 1.807) is 22.7 Å². The van der Waals surface area contributed by atoms with Gasteiger partial charge < -0.3 is 9.30 Å². The number of hydrogen-bond donors (Lipinski definition) is 0. The quantitative estimate of drug-likeness (QED) is 0.540. The number of aromatic nitrogens is 1. The molecule has 0 saturated carbocycles.